The second-order valence-corrected chi connectivity index (χ2v) is 9.24. The number of halogens is 1. The quantitative estimate of drug-likeness (QED) is 0.436. The Balaban J connectivity index is 1.18. The SMILES string of the molecule is COc1ccc2ncc(F)c(CCN3CC(N=O)[C@H](CNCc4ccc5c(n4)NC(=O)CC5)C3)c2n1. The van der Waals surface area contributed by atoms with Gasteiger partial charge in [0.1, 0.15) is 17.7 Å². The van der Waals surface area contributed by atoms with E-state index in [1.807, 2.05) is 12.1 Å². The van der Waals surface area contributed by atoms with Gasteiger partial charge < -0.3 is 20.3 Å². The zero-order valence-electron chi connectivity index (χ0n) is 20.0. The van der Waals surface area contributed by atoms with Crippen LogP contribution in [0.2, 0.25) is 0 Å². The van der Waals surface area contributed by atoms with E-state index in [-0.39, 0.29) is 17.9 Å². The minimum atomic E-state index is -0.403. The van der Waals surface area contributed by atoms with Gasteiger partial charge in [0.25, 0.3) is 0 Å². The average molecular weight is 494 g/mol. The summed E-state index contributed by atoms with van der Waals surface area (Å²) in [5, 5.41) is 9.54. The molecule has 1 saturated heterocycles. The second-order valence-electron chi connectivity index (χ2n) is 9.24. The van der Waals surface area contributed by atoms with E-state index < -0.39 is 5.82 Å². The minimum absolute atomic E-state index is 0.0133. The molecule has 2 aliphatic rings. The molecule has 10 nitrogen and oxygen atoms in total. The van der Waals surface area contributed by atoms with E-state index in [1.54, 1.807) is 12.1 Å². The monoisotopic (exact) mass is 493 g/mol. The first-order chi connectivity index (χ1) is 17.5. The van der Waals surface area contributed by atoms with Crippen LogP contribution in [0.25, 0.3) is 11.0 Å². The first kappa shape index (κ1) is 24.1. The number of carbonyl (C=O) groups is 1. The summed E-state index contributed by atoms with van der Waals surface area (Å²) in [6, 6.07) is 7.07. The molecule has 0 bridgehead atoms. The topological polar surface area (TPSA) is 122 Å². The Morgan fingerprint density at radius 1 is 1.22 bits per heavy atom. The Bertz CT molecular complexity index is 1290. The van der Waals surface area contributed by atoms with Gasteiger partial charge in [0.2, 0.25) is 11.8 Å². The number of nitrogens with one attached hydrogen (secondary N) is 2. The summed E-state index contributed by atoms with van der Waals surface area (Å²) < 4.78 is 19.8. The van der Waals surface area contributed by atoms with Gasteiger partial charge in [-0.2, -0.15) is 4.91 Å². The lowest BCUT2D eigenvalue weighted by molar-refractivity contribution is -0.116. The lowest BCUT2D eigenvalue weighted by atomic mass is 10.0. The molecule has 0 aromatic carbocycles. The van der Waals surface area contributed by atoms with E-state index in [9.17, 15) is 14.1 Å². The molecule has 2 N–H and O–H groups in total. The molecular weight excluding hydrogens is 465 g/mol. The lowest BCUT2D eigenvalue weighted by Gasteiger charge is -2.18. The Hall–Kier alpha value is -3.57. The summed E-state index contributed by atoms with van der Waals surface area (Å²) >= 11 is 0. The van der Waals surface area contributed by atoms with Gasteiger partial charge in [0.05, 0.1) is 30.0 Å². The molecule has 3 aromatic rings. The highest BCUT2D eigenvalue weighted by molar-refractivity contribution is 5.92. The number of ether oxygens (including phenoxy) is 1. The van der Waals surface area contributed by atoms with E-state index in [0.29, 0.717) is 80.3 Å². The van der Waals surface area contributed by atoms with Crippen molar-refractivity contribution in [3.05, 3.63) is 58.0 Å². The van der Waals surface area contributed by atoms with Crippen LogP contribution in [0.1, 0.15) is 23.2 Å². The Kier molecular flexibility index (Phi) is 7.10. The third kappa shape index (κ3) is 5.17. The highest BCUT2D eigenvalue weighted by Gasteiger charge is 2.33. The molecular formula is C25H28FN7O3. The zero-order chi connectivity index (χ0) is 25.1. The molecule has 0 radical (unpaired) electrons. The van der Waals surface area contributed by atoms with Crippen molar-refractivity contribution in [2.75, 3.05) is 38.6 Å². The highest BCUT2D eigenvalue weighted by Crippen LogP contribution is 2.24. The van der Waals surface area contributed by atoms with Gasteiger partial charge in [0, 0.05) is 56.7 Å². The minimum Gasteiger partial charge on any atom is -0.481 e. The second kappa shape index (κ2) is 10.6. The van der Waals surface area contributed by atoms with Crippen LogP contribution in [0.15, 0.2) is 35.6 Å². The molecule has 0 saturated carbocycles. The largest absolute Gasteiger partial charge is 0.481 e. The summed E-state index contributed by atoms with van der Waals surface area (Å²) in [5.41, 5.74) is 3.46. The third-order valence-electron chi connectivity index (χ3n) is 6.87. The Morgan fingerprint density at radius 2 is 2.11 bits per heavy atom. The number of aromatic nitrogens is 3. The number of amides is 1. The smallest absolute Gasteiger partial charge is 0.225 e. The van der Waals surface area contributed by atoms with Crippen LogP contribution >= 0.6 is 0 Å². The van der Waals surface area contributed by atoms with Crippen LogP contribution in [0.5, 0.6) is 5.88 Å². The molecule has 188 valence electrons. The van der Waals surface area contributed by atoms with E-state index in [4.69, 9.17) is 4.74 Å². The molecule has 1 unspecified atom stereocenters. The zero-order valence-corrected chi connectivity index (χ0v) is 20.0. The van der Waals surface area contributed by atoms with Crippen molar-refractivity contribution in [2.45, 2.75) is 31.8 Å². The van der Waals surface area contributed by atoms with E-state index in [2.05, 4.69) is 35.7 Å². The maximum Gasteiger partial charge on any atom is 0.225 e. The van der Waals surface area contributed by atoms with Crippen LogP contribution in [0, 0.1) is 16.6 Å². The third-order valence-corrected chi connectivity index (χ3v) is 6.87. The number of aryl methyl sites for hydroxylation is 1. The fourth-order valence-corrected chi connectivity index (χ4v) is 4.91. The summed E-state index contributed by atoms with van der Waals surface area (Å²) in [4.78, 5) is 38.3. The number of likely N-dealkylation sites (tertiary alicyclic amines) is 1. The number of nitrogens with zero attached hydrogens (tertiary/aromatic N) is 5. The lowest BCUT2D eigenvalue weighted by Crippen LogP contribution is -2.30. The number of methoxy groups -OCH3 is 1. The average Bonchev–Trinajstić information content (AvgIpc) is 3.29. The van der Waals surface area contributed by atoms with Crippen LogP contribution < -0.4 is 15.4 Å². The van der Waals surface area contributed by atoms with Crippen molar-refractivity contribution >= 4 is 22.8 Å². The van der Waals surface area contributed by atoms with Gasteiger partial charge in [-0.1, -0.05) is 11.2 Å². The number of anilines is 1. The number of nitroso groups, excluding NO2 is 1. The van der Waals surface area contributed by atoms with Crippen LogP contribution in [0.3, 0.4) is 0 Å². The maximum atomic E-state index is 14.6. The molecule has 3 aromatic heterocycles. The van der Waals surface area contributed by atoms with Gasteiger partial charge in [-0.05, 0) is 30.5 Å². The van der Waals surface area contributed by atoms with Crippen molar-refractivity contribution in [3.63, 3.8) is 0 Å². The number of carbonyl (C=O) groups excluding carboxylic acids is 1. The fraction of sp³-hybridized carbons (Fsp3) is 0.440. The maximum absolute atomic E-state index is 14.6. The number of hydrogen-bond acceptors (Lipinski definition) is 9. The Labute approximate surface area is 207 Å². The van der Waals surface area contributed by atoms with E-state index in [0.717, 1.165) is 11.3 Å². The Morgan fingerprint density at radius 3 is 2.94 bits per heavy atom. The molecule has 11 heteroatoms. The first-order valence-corrected chi connectivity index (χ1v) is 12.1. The molecule has 2 atom stereocenters. The highest BCUT2D eigenvalue weighted by atomic mass is 19.1. The number of fused-ring (bicyclic) bond motifs is 2. The first-order valence-electron chi connectivity index (χ1n) is 12.1. The van der Waals surface area contributed by atoms with Crippen LogP contribution in [-0.4, -0.2) is 65.1 Å². The molecule has 5 rings (SSSR count). The van der Waals surface area contributed by atoms with Crippen molar-refractivity contribution in [3.8, 4) is 5.88 Å². The summed E-state index contributed by atoms with van der Waals surface area (Å²) in [7, 11) is 1.52. The molecule has 1 amide bonds. The number of rotatable bonds is 9. The standard InChI is InChI=1S/C25H28FN7O3/c1-36-23-7-5-20-24(31-23)18(19(26)12-28-20)8-9-33-13-16(21(14-33)32-35)10-27-11-17-4-2-15-3-6-22(34)30-25(15)29-17/h2,4-5,7,12,16,21,27H,3,6,8-11,13-14H2,1H3,(H,29,30,34)/t16-,21?/m1/s1. The van der Waals surface area contributed by atoms with Crippen molar-refractivity contribution in [1.29, 1.82) is 0 Å². The predicted molar refractivity (Wildman–Crippen MR) is 132 cm³/mol. The fourth-order valence-electron chi connectivity index (χ4n) is 4.91. The molecule has 5 heterocycles. The van der Waals surface area contributed by atoms with Gasteiger partial charge >= 0.3 is 0 Å². The number of pyridine rings is 3. The van der Waals surface area contributed by atoms with Gasteiger partial charge in [-0.15, -0.1) is 0 Å². The molecule has 0 aliphatic carbocycles. The predicted octanol–water partition coefficient (Wildman–Crippen LogP) is 2.46. The molecule has 1 fully saturated rings. The van der Waals surface area contributed by atoms with Crippen molar-refractivity contribution < 1.29 is 13.9 Å². The normalized spacial score (nSPS) is 19.8. The van der Waals surface area contributed by atoms with Crippen molar-refractivity contribution in [1.82, 2.24) is 25.2 Å². The molecule has 0 spiro atoms. The van der Waals surface area contributed by atoms with Gasteiger partial charge in [0.15, 0.2) is 0 Å². The number of hydrogen-bond donors (Lipinski definition) is 2. The molecule has 36 heavy (non-hydrogen) atoms. The summed E-state index contributed by atoms with van der Waals surface area (Å²) in [6.45, 7) is 2.90. The summed E-state index contributed by atoms with van der Waals surface area (Å²) in [6.07, 6.45) is 2.84. The summed E-state index contributed by atoms with van der Waals surface area (Å²) in [5.74, 6) is 0.662. The van der Waals surface area contributed by atoms with E-state index in [1.165, 1.54) is 13.3 Å². The van der Waals surface area contributed by atoms with Crippen LogP contribution in [0.4, 0.5) is 10.2 Å². The van der Waals surface area contributed by atoms with Crippen molar-refractivity contribution in [2.24, 2.45) is 11.1 Å². The molecule has 2 aliphatic heterocycles. The van der Waals surface area contributed by atoms with E-state index >= 15 is 0 Å². The van der Waals surface area contributed by atoms with Gasteiger partial charge in [-0.25, -0.2) is 14.4 Å². The van der Waals surface area contributed by atoms with Gasteiger partial charge in [-0.3, -0.25) is 9.78 Å². The van der Waals surface area contributed by atoms with Crippen LogP contribution in [-0.2, 0) is 24.2 Å².